The molecule has 18 heavy (non-hydrogen) atoms. The van der Waals surface area contributed by atoms with Gasteiger partial charge in [-0.3, -0.25) is 11.1 Å². The molecular formula is C12H26N4O2. The molecule has 0 saturated heterocycles. The maximum absolute atomic E-state index is 5.75. The molecule has 1 aliphatic rings. The minimum absolute atomic E-state index is 0.0778. The summed E-state index contributed by atoms with van der Waals surface area (Å²) in [7, 11) is 3.54. The summed E-state index contributed by atoms with van der Waals surface area (Å²) < 4.78 is 10.7. The minimum Gasteiger partial charge on any atom is -0.465 e. The second-order valence-electron chi connectivity index (χ2n) is 4.68. The van der Waals surface area contributed by atoms with Crippen LogP contribution in [0.25, 0.3) is 0 Å². The molecule has 6 nitrogen and oxygen atoms in total. The van der Waals surface area contributed by atoms with Crippen LogP contribution in [0.5, 0.6) is 0 Å². The van der Waals surface area contributed by atoms with Gasteiger partial charge in [-0.2, -0.15) is 0 Å². The van der Waals surface area contributed by atoms with E-state index < -0.39 is 6.35 Å². The predicted octanol–water partition coefficient (Wildman–Crippen LogP) is 0.545. The first-order valence-electron chi connectivity index (χ1n) is 6.54. The molecular weight excluding hydrogens is 232 g/mol. The fraction of sp³-hybridized carbons (Fsp3) is 0.917. The van der Waals surface area contributed by atoms with Crippen molar-refractivity contribution in [1.82, 2.24) is 10.2 Å². The zero-order valence-electron chi connectivity index (χ0n) is 11.8. The first-order valence-corrected chi connectivity index (χ1v) is 6.54. The fourth-order valence-corrected chi connectivity index (χ4v) is 1.90. The maximum atomic E-state index is 5.75. The quantitative estimate of drug-likeness (QED) is 0.537. The third kappa shape index (κ3) is 4.12. The molecule has 0 amide bonds. The van der Waals surface area contributed by atoms with Crippen LogP contribution < -0.4 is 11.1 Å². The van der Waals surface area contributed by atoms with Crippen LogP contribution in [-0.2, 0) is 9.47 Å². The molecule has 0 saturated carbocycles. The van der Waals surface area contributed by atoms with Crippen molar-refractivity contribution in [3.63, 3.8) is 0 Å². The molecule has 0 aromatic rings. The second kappa shape index (κ2) is 7.56. The van der Waals surface area contributed by atoms with Crippen molar-refractivity contribution in [2.45, 2.75) is 39.2 Å². The van der Waals surface area contributed by atoms with E-state index >= 15 is 0 Å². The highest BCUT2D eigenvalue weighted by atomic mass is 16.5. The van der Waals surface area contributed by atoms with Crippen LogP contribution >= 0.6 is 0 Å². The average Bonchev–Trinajstić information content (AvgIpc) is 2.37. The Labute approximate surface area is 110 Å². The number of nitrogens with one attached hydrogen (secondary N) is 1. The van der Waals surface area contributed by atoms with E-state index in [1.807, 2.05) is 11.9 Å². The number of methoxy groups -OCH3 is 1. The molecule has 0 fully saturated rings. The van der Waals surface area contributed by atoms with Gasteiger partial charge in [-0.1, -0.05) is 20.3 Å². The summed E-state index contributed by atoms with van der Waals surface area (Å²) in [6.45, 7) is 5.71. The predicted molar refractivity (Wildman–Crippen MR) is 72.0 cm³/mol. The highest BCUT2D eigenvalue weighted by Crippen LogP contribution is 2.15. The maximum Gasteiger partial charge on any atom is 0.288 e. The lowest BCUT2D eigenvalue weighted by molar-refractivity contribution is 0.0306. The van der Waals surface area contributed by atoms with Crippen LogP contribution in [0.1, 0.15) is 26.7 Å². The summed E-state index contributed by atoms with van der Waals surface area (Å²) in [6.07, 6.45) is 1.76. The van der Waals surface area contributed by atoms with E-state index in [-0.39, 0.29) is 6.17 Å². The van der Waals surface area contributed by atoms with Crippen molar-refractivity contribution in [3.8, 4) is 0 Å². The molecule has 1 unspecified atom stereocenters. The number of unbranched alkanes of at least 4 members (excludes halogenated alkanes) is 1. The third-order valence-corrected chi connectivity index (χ3v) is 3.09. The topological polar surface area (TPSA) is 72.1 Å². The molecule has 0 radical (unpaired) electrons. The third-order valence-electron chi connectivity index (χ3n) is 3.09. The normalized spacial score (nSPS) is 25.8. The lowest BCUT2D eigenvalue weighted by Crippen LogP contribution is -2.59. The molecule has 0 spiro atoms. The standard InChI is InChI=1S/C12H26N4O2/c1-5-6-7-18-12-14-8-9(2)10(16(12)3)15-11(13)17-4/h9-11,15H,5-8,13H2,1-4H3/t9-,10+,11?/m0/s1. The summed E-state index contributed by atoms with van der Waals surface area (Å²) in [6, 6.07) is 0.683. The van der Waals surface area contributed by atoms with Crippen LogP contribution in [0.15, 0.2) is 4.99 Å². The number of aliphatic imine (C=N–C) groups is 1. The number of amidine groups is 1. The Morgan fingerprint density at radius 3 is 2.94 bits per heavy atom. The Kier molecular flexibility index (Phi) is 6.38. The number of hydrogen-bond acceptors (Lipinski definition) is 6. The van der Waals surface area contributed by atoms with Gasteiger partial charge < -0.3 is 14.4 Å². The van der Waals surface area contributed by atoms with E-state index in [0.29, 0.717) is 18.5 Å². The summed E-state index contributed by atoms with van der Waals surface area (Å²) in [5.41, 5.74) is 5.75. The smallest absolute Gasteiger partial charge is 0.288 e. The molecule has 1 heterocycles. The van der Waals surface area contributed by atoms with Crippen molar-refractivity contribution >= 4 is 6.02 Å². The second-order valence-corrected chi connectivity index (χ2v) is 4.68. The average molecular weight is 258 g/mol. The van der Waals surface area contributed by atoms with Crippen molar-refractivity contribution in [2.24, 2.45) is 16.6 Å². The van der Waals surface area contributed by atoms with Gasteiger partial charge in [0.25, 0.3) is 6.02 Å². The monoisotopic (exact) mass is 258 g/mol. The van der Waals surface area contributed by atoms with Crippen LogP contribution in [0.3, 0.4) is 0 Å². The SMILES string of the molecule is CCCCOC1=NC[C@H](C)[C@H](NC(N)OC)N1C. The number of hydrogen-bond donors (Lipinski definition) is 2. The van der Waals surface area contributed by atoms with Gasteiger partial charge in [0.1, 0.15) is 0 Å². The number of nitrogens with two attached hydrogens (primary N) is 1. The molecule has 0 aromatic heterocycles. The van der Waals surface area contributed by atoms with E-state index in [2.05, 4.69) is 24.2 Å². The Hall–Kier alpha value is -0.850. The van der Waals surface area contributed by atoms with Crippen LogP contribution in [0.2, 0.25) is 0 Å². The highest BCUT2D eigenvalue weighted by molar-refractivity contribution is 5.74. The van der Waals surface area contributed by atoms with Crippen molar-refractivity contribution in [2.75, 3.05) is 27.3 Å². The molecule has 0 aromatic carbocycles. The molecule has 3 atom stereocenters. The largest absolute Gasteiger partial charge is 0.465 e. The Morgan fingerprint density at radius 1 is 1.61 bits per heavy atom. The Bertz CT molecular complexity index is 273. The van der Waals surface area contributed by atoms with Crippen LogP contribution in [0.4, 0.5) is 0 Å². The molecule has 106 valence electrons. The highest BCUT2D eigenvalue weighted by Gasteiger charge is 2.30. The molecule has 1 aliphatic heterocycles. The van der Waals surface area contributed by atoms with E-state index in [9.17, 15) is 0 Å². The van der Waals surface area contributed by atoms with Crippen LogP contribution in [0, 0.1) is 5.92 Å². The van der Waals surface area contributed by atoms with E-state index in [0.717, 1.165) is 19.4 Å². The Balaban J connectivity index is 2.56. The summed E-state index contributed by atoms with van der Waals surface area (Å²) in [5, 5.41) is 3.21. The lowest BCUT2D eigenvalue weighted by atomic mass is 10.1. The van der Waals surface area contributed by atoms with Gasteiger partial charge in [0, 0.05) is 20.1 Å². The molecule has 3 N–H and O–H groups in total. The first-order chi connectivity index (χ1) is 8.60. The van der Waals surface area contributed by atoms with Gasteiger partial charge in [0.05, 0.1) is 19.3 Å². The van der Waals surface area contributed by atoms with Gasteiger partial charge in [-0.25, -0.2) is 4.99 Å². The zero-order valence-corrected chi connectivity index (χ0v) is 11.8. The molecule has 1 rings (SSSR count). The molecule has 0 bridgehead atoms. The van der Waals surface area contributed by atoms with Gasteiger partial charge in [0.2, 0.25) is 0 Å². The van der Waals surface area contributed by atoms with Gasteiger partial charge in [0.15, 0.2) is 6.35 Å². The number of rotatable bonds is 6. The summed E-state index contributed by atoms with van der Waals surface area (Å²) >= 11 is 0. The van der Waals surface area contributed by atoms with Crippen molar-refractivity contribution < 1.29 is 9.47 Å². The van der Waals surface area contributed by atoms with Gasteiger partial charge in [-0.15, -0.1) is 0 Å². The van der Waals surface area contributed by atoms with E-state index in [1.54, 1.807) is 7.11 Å². The number of nitrogens with zero attached hydrogens (tertiary/aromatic N) is 2. The lowest BCUT2D eigenvalue weighted by Gasteiger charge is -2.38. The van der Waals surface area contributed by atoms with E-state index in [4.69, 9.17) is 15.2 Å². The summed E-state index contributed by atoms with van der Waals surface area (Å²) in [5.74, 6) is 0.356. The summed E-state index contributed by atoms with van der Waals surface area (Å²) in [4.78, 5) is 6.43. The molecule has 0 aliphatic carbocycles. The van der Waals surface area contributed by atoms with Gasteiger partial charge in [-0.05, 0) is 6.42 Å². The van der Waals surface area contributed by atoms with E-state index in [1.165, 1.54) is 0 Å². The minimum atomic E-state index is -0.477. The molecule has 6 heteroatoms. The van der Waals surface area contributed by atoms with Crippen molar-refractivity contribution in [1.29, 1.82) is 0 Å². The number of ether oxygens (including phenoxy) is 2. The Morgan fingerprint density at radius 2 is 2.33 bits per heavy atom. The van der Waals surface area contributed by atoms with Crippen LogP contribution in [-0.4, -0.2) is 50.7 Å². The fourth-order valence-electron chi connectivity index (χ4n) is 1.90. The van der Waals surface area contributed by atoms with Gasteiger partial charge >= 0.3 is 0 Å². The zero-order chi connectivity index (χ0) is 13.5. The van der Waals surface area contributed by atoms with Crippen molar-refractivity contribution in [3.05, 3.63) is 0 Å². The first kappa shape index (κ1) is 15.2.